The van der Waals surface area contributed by atoms with Crippen LogP contribution in [0.5, 0.6) is 0 Å². The molecule has 2 heterocycles. The maximum atomic E-state index is 12.5. The summed E-state index contributed by atoms with van der Waals surface area (Å²) in [5, 5.41) is 8.65. The molecule has 2 rings (SSSR count). The zero-order chi connectivity index (χ0) is 15.5. The van der Waals surface area contributed by atoms with E-state index in [1.165, 1.54) is 0 Å². The summed E-state index contributed by atoms with van der Waals surface area (Å²) in [6.07, 6.45) is 1.57. The normalized spacial score (nSPS) is 18.0. The maximum absolute atomic E-state index is 12.5. The van der Waals surface area contributed by atoms with Crippen molar-refractivity contribution >= 4 is 5.91 Å². The average Bonchev–Trinajstić information content (AvgIpc) is 2.47. The fraction of sp³-hybridized carbons (Fsp3) is 0.500. The smallest absolute Gasteiger partial charge is 0.272 e. The van der Waals surface area contributed by atoms with E-state index in [0.29, 0.717) is 24.3 Å². The molecule has 1 amide bonds. The van der Waals surface area contributed by atoms with Gasteiger partial charge in [0.15, 0.2) is 0 Å². The van der Waals surface area contributed by atoms with Crippen LogP contribution in [0.4, 0.5) is 0 Å². The molecule has 5 nitrogen and oxygen atoms in total. The van der Waals surface area contributed by atoms with Gasteiger partial charge in [0.1, 0.15) is 12.3 Å². The molecular weight excluding hydrogens is 266 g/mol. The van der Waals surface area contributed by atoms with Crippen molar-refractivity contribution in [1.82, 2.24) is 14.8 Å². The molecule has 1 aromatic rings. The van der Waals surface area contributed by atoms with E-state index < -0.39 is 0 Å². The first-order valence-electron chi connectivity index (χ1n) is 7.00. The Morgan fingerprint density at radius 3 is 2.76 bits per heavy atom. The van der Waals surface area contributed by atoms with Gasteiger partial charge in [0.2, 0.25) is 0 Å². The van der Waals surface area contributed by atoms with Gasteiger partial charge in [-0.15, -0.1) is 0 Å². The van der Waals surface area contributed by atoms with Crippen LogP contribution < -0.4 is 0 Å². The molecule has 21 heavy (non-hydrogen) atoms. The predicted molar refractivity (Wildman–Crippen MR) is 80.8 cm³/mol. The summed E-state index contributed by atoms with van der Waals surface area (Å²) in [4.78, 5) is 20.8. The molecule has 0 atom stereocenters. The second-order valence-electron chi connectivity index (χ2n) is 5.85. The molecule has 1 saturated heterocycles. The number of piperazine rings is 1. The van der Waals surface area contributed by atoms with Gasteiger partial charge in [0, 0.05) is 36.9 Å². The largest absolute Gasteiger partial charge is 0.384 e. The molecule has 0 spiro atoms. The number of likely N-dealkylation sites (N-methyl/N-ethyl adjacent to an activating group) is 1. The summed E-state index contributed by atoms with van der Waals surface area (Å²) in [6.45, 7) is 6.35. The van der Waals surface area contributed by atoms with E-state index in [1.54, 1.807) is 18.3 Å². The Kier molecular flexibility index (Phi) is 4.61. The van der Waals surface area contributed by atoms with Crippen LogP contribution in [-0.4, -0.2) is 64.6 Å². The van der Waals surface area contributed by atoms with Gasteiger partial charge in [-0.3, -0.25) is 9.69 Å². The number of aliphatic hydroxyl groups excluding tert-OH is 1. The Bertz CT molecular complexity index is 569. The molecule has 1 aliphatic heterocycles. The van der Waals surface area contributed by atoms with Crippen LogP contribution >= 0.6 is 0 Å². The molecule has 1 aliphatic rings. The molecule has 112 valence electrons. The van der Waals surface area contributed by atoms with E-state index in [1.807, 2.05) is 4.90 Å². The zero-order valence-electron chi connectivity index (χ0n) is 12.8. The molecule has 1 aromatic heterocycles. The van der Waals surface area contributed by atoms with E-state index >= 15 is 0 Å². The second kappa shape index (κ2) is 6.25. The van der Waals surface area contributed by atoms with Crippen LogP contribution in [0.25, 0.3) is 0 Å². The van der Waals surface area contributed by atoms with Gasteiger partial charge in [-0.2, -0.15) is 0 Å². The minimum Gasteiger partial charge on any atom is -0.384 e. The van der Waals surface area contributed by atoms with Gasteiger partial charge in [0.25, 0.3) is 5.91 Å². The van der Waals surface area contributed by atoms with Crippen molar-refractivity contribution in [2.75, 3.05) is 33.3 Å². The monoisotopic (exact) mass is 287 g/mol. The van der Waals surface area contributed by atoms with Crippen molar-refractivity contribution in [3.05, 3.63) is 29.6 Å². The number of aromatic nitrogens is 1. The number of nitrogens with zero attached hydrogens (tertiary/aromatic N) is 3. The first-order valence-corrected chi connectivity index (χ1v) is 7.00. The van der Waals surface area contributed by atoms with E-state index in [-0.39, 0.29) is 18.1 Å². The van der Waals surface area contributed by atoms with E-state index in [9.17, 15) is 4.79 Å². The average molecular weight is 287 g/mol. The molecule has 5 heteroatoms. The Morgan fingerprint density at radius 2 is 2.19 bits per heavy atom. The maximum Gasteiger partial charge on any atom is 0.272 e. The highest BCUT2D eigenvalue weighted by molar-refractivity contribution is 5.92. The zero-order valence-corrected chi connectivity index (χ0v) is 12.8. The molecule has 0 aromatic carbocycles. The summed E-state index contributed by atoms with van der Waals surface area (Å²) in [7, 11) is 2.08. The highest BCUT2D eigenvalue weighted by Gasteiger charge is 2.33. The fourth-order valence-corrected chi connectivity index (χ4v) is 2.31. The van der Waals surface area contributed by atoms with Crippen molar-refractivity contribution in [3.8, 4) is 11.8 Å². The van der Waals surface area contributed by atoms with Crippen LogP contribution in [-0.2, 0) is 0 Å². The SMILES string of the molecule is CN1CCN(C(=O)c2ccc(C#CCO)cn2)CC1(C)C. The van der Waals surface area contributed by atoms with Crippen LogP contribution in [0.3, 0.4) is 0 Å². The van der Waals surface area contributed by atoms with Crippen LogP contribution in [0.15, 0.2) is 18.3 Å². The summed E-state index contributed by atoms with van der Waals surface area (Å²) < 4.78 is 0. The molecule has 0 saturated carbocycles. The van der Waals surface area contributed by atoms with Crippen molar-refractivity contribution in [2.24, 2.45) is 0 Å². The summed E-state index contributed by atoms with van der Waals surface area (Å²) in [6, 6.07) is 3.44. The Labute approximate surface area is 125 Å². The molecule has 0 unspecified atom stereocenters. The minimum atomic E-state index is -0.183. The van der Waals surface area contributed by atoms with Gasteiger partial charge in [-0.1, -0.05) is 11.8 Å². The number of aliphatic hydroxyl groups is 1. The number of rotatable bonds is 1. The van der Waals surface area contributed by atoms with Gasteiger partial charge in [-0.05, 0) is 33.0 Å². The summed E-state index contributed by atoms with van der Waals surface area (Å²) in [5.74, 6) is 5.28. The standard InChI is InChI=1S/C16H21N3O2/c1-16(2)12-19(9-8-18(16)3)15(21)14-7-6-13(11-17-14)5-4-10-20/h6-7,11,20H,8-10,12H2,1-3H3. The number of carbonyl (C=O) groups is 1. The van der Waals surface area contributed by atoms with Crippen LogP contribution in [0.2, 0.25) is 0 Å². The third kappa shape index (κ3) is 3.60. The Balaban J connectivity index is 2.10. The minimum absolute atomic E-state index is 0.0273. The highest BCUT2D eigenvalue weighted by atomic mass is 16.2. The molecule has 0 aliphatic carbocycles. The van der Waals surface area contributed by atoms with Gasteiger partial charge in [0.05, 0.1) is 0 Å². The summed E-state index contributed by atoms with van der Waals surface area (Å²) >= 11 is 0. The topological polar surface area (TPSA) is 56.7 Å². The van der Waals surface area contributed by atoms with Gasteiger partial charge < -0.3 is 10.0 Å². The number of amides is 1. The lowest BCUT2D eigenvalue weighted by atomic mass is 9.99. The van der Waals surface area contributed by atoms with Crippen molar-refractivity contribution in [2.45, 2.75) is 19.4 Å². The molecule has 1 N–H and O–H groups in total. The van der Waals surface area contributed by atoms with Gasteiger partial charge >= 0.3 is 0 Å². The molecule has 0 bridgehead atoms. The van der Waals surface area contributed by atoms with E-state index in [4.69, 9.17) is 5.11 Å². The van der Waals surface area contributed by atoms with Crippen LogP contribution in [0, 0.1) is 11.8 Å². The van der Waals surface area contributed by atoms with Crippen molar-refractivity contribution in [3.63, 3.8) is 0 Å². The first-order chi connectivity index (χ1) is 9.94. The Hall–Kier alpha value is -1.90. The third-order valence-corrected chi connectivity index (χ3v) is 3.90. The van der Waals surface area contributed by atoms with Crippen molar-refractivity contribution in [1.29, 1.82) is 0 Å². The number of pyridine rings is 1. The number of hydrogen-bond acceptors (Lipinski definition) is 4. The summed E-state index contributed by atoms with van der Waals surface area (Å²) in [5.41, 5.74) is 1.10. The molecule has 0 radical (unpaired) electrons. The predicted octanol–water partition coefficient (Wildman–Crippen LogP) is 0.592. The highest BCUT2D eigenvalue weighted by Crippen LogP contribution is 2.20. The first kappa shape index (κ1) is 15.5. The Morgan fingerprint density at radius 1 is 1.43 bits per heavy atom. The second-order valence-corrected chi connectivity index (χ2v) is 5.85. The molecular formula is C16H21N3O2. The fourth-order valence-electron chi connectivity index (χ4n) is 2.31. The lowest BCUT2D eigenvalue weighted by molar-refractivity contribution is 0.0307. The number of carbonyl (C=O) groups excluding carboxylic acids is 1. The van der Waals surface area contributed by atoms with Crippen LogP contribution in [0.1, 0.15) is 29.9 Å². The van der Waals surface area contributed by atoms with E-state index in [2.05, 4.69) is 42.6 Å². The van der Waals surface area contributed by atoms with Crippen molar-refractivity contribution < 1.29 is 9.90 Å². The lowest BCUT2D eigenvalue weighted by Crippen LogP contribution is -2.58. The number of hydrogen-bond donors (Lipinski definition) is 1. The van der Waals surface area contributed by atoms with Gasteiger partial charge in [-0.25, -0.2) is 4.98 Å². The van der Waals surface area contributed by atoms with E-state index in [0.717, 1.165) is 6.54 Å². The molecule has 1 fully saturated rings. The lowest BCUT2D eigenvalue weighted by Gasteiger charge is -2.45. The third-order valence-electron chi connectivity index (χ3n) is 3.90. The quantitative estimate of drug-likeness (QED) is 0.768.